The molecule has 3 N–H and O–H groups in total. The summed E-state index contributed by atoms with van der Waals surface area (Å²) in [5, 5.41) is 19.0. The van der Waals surface area contributed by atoms with Crippen LogP contribution in [0.4, 0.5) is 17.1 Å². The molecule has 2 aromatic rings. The van der Waals surface area contributed by atoms with Crippen molar-refractivity contribution < 1.29 is 14.5 Å². The predicted molar refractivity (Wildman–Crippen MR) is 116 cm³/mol. The summed E-state index contributed by atoms with van der Waals surface area (Å²) in [7, 11) is 0. The minimum atomic E-state index is -0.505. The summed E-state index contributed by atoms with van der Waals surface area (Å²) >= 11 is 5.12. The molecule has 0 atom stereocenters. The second-order valence-corrected chi connectivity index (χ2v) is 6.42. The highest BCUT2D eigenvalue weighted by molar-refractivity contribution is 7.80. The SMILES string of the molecule is CCCC(=O)Nc1cccc(NC(=S)NC(=O)/C=C/c2cccc([N+](=O)[O-])c2)c1. The third-order valence-electron chi connectivity index (χ3n) is 3.63. The van der Waals surface area contributed by atoms with Crippen LogP contribution in [0.15, 0.2) is 54.6 Å². The Kier molecular flexibility index (Phi) is 7.99. The van der Waals surface area contributed by atoms with Gasteiger partial charge in [0, 0.05) is 36.0 Å². The minimum absolute atomic E-state index is 0.0596. The van der Waals surface area contributed by atoms with Crippen LogP contribution in [0.1, 0.15) is 25.3 Å². The normalized spacial score (nSPS) is 10.4. The van der Waals surface area contributed by atoms with E-state index >= 15 is 0 Å². The molecule has 150 valence electrons. The first-order valence-corrected chi connectivity index (χ1v) is 9.22. The standard InChI is InChI=1S/C20H20N4O4S/c1-2-5-18(25)21-15-7-4-8-16(13-15)22-20(29)23-19(26)11-10-14-6-3-9-17(12-14)24(27)28/h3-4,6-13H,2,5H2,1H3,(H,21,25)(H2,22,23,26,29)/b11-10+. The Morgan fingerprint density at radius 1 is 1.10 bits per heavy atom. The fourth-order valence-electron chi connectivity index (χ4n) is 2.36. The molecule has 0 saturated carbocycles. The summed E-state index contributed by atoms with van der Waals surface area (Å²) in [6.45, 7) is 1.92. The molecule has 9 heteroatoms. The van der Waals surface area contributed by atoms with Gasteiger partial charge >= 0.3 is 0 Å². The van der Waals surface area contributed by atoms with Crippen molar-refractivity contribution in [1.29, 1.82) is 0 Å². The monoisotopic (exact) mass is 412 g/mol. The second kappa shape index (κ2) is 10.7. The van der Waals surface area contributed by atoms with Crippen LogP contribution in [0.5, 0.6) is 0 Å². The molecule has 0 aliphatic carbocycles. The Labute approximate surface area is 173 Å². The van der Waals surface area contributed by atoms with Gasteiger partial charge in [0.05, 0.1) is 4.92 Å². The number of amides is 2. The lowest BCUT2D eigenvalue weighted by atomic mass is 10.2. The number of nitrogens with one attached hydrogen (secondary N) is 3. The number of nitro groups is 1. The van der Waals surface area contributed by atoms with Crippen LogP contribution >= 0.6 is 12.2 Å². The highest BCUT2D eigenvalue weighted by atomic mass is 32.1. The summed E-state index contributed by atoms with van der Waals surface area (Å²) in [5.41, 5.74) is 1.68. The lowest BCUT2D eigenvalue weighted by Gasteiger charge is -2.10. The first-order chi connectivity index (χ1) is 13.9. The van der Waals surface area contributed by atoms with Gasteiger partial charge in [-0.25, -0.2) is 0 Å². The van der Waals surface area contributed by atoms with Gasteiger partial charge < -0.3 is 10.6 Å². The molecule has 0 unspecified atom stereocenters. The first kappa shape index (κ1) is 21.7. The zero-order valence-electron chi connectivity index (χ0n) is 15.7. The van der Waals surface area contributed by atoms with Gasteiger partial charge in [-0.05, 0) is 48.5 Å². The molecule has 8 nitrogen and oxygen atoms in total. The van der Waals surface area contributed by atoms with Crippen LogP contribution in [-0.2, 0) is 9.59 Å². The van der Waals surface area contributed by atoms with Crippen LogP contribution < -0.4 is 16.0 Å². The molecule has 0 heterocycles. The highest BCUT2D eigenvalue weighted by Crippen LogP contribution is 2.16. The quantitative estimate of drug-likeness (QED) is 0.275. The third-order valence-corrected chi connectivity index (χ3v) is 3.83. The zero-order valence-corrected chi connectivity index (χ0v) is 16.5. The van der Waals surface area contributed by atoms with E-state index in [2.05, 4.69) is 16.0 Å². The van der Waals surface area contributed by atoms with Gasteiger partial charge in [0.2, 0.25) is 11.8 Å². The van der Waals surface area contributed by atoms with Gasteiger partial charge in [0.15, 0.2) is 5.11 Å². The van der Waals surface area contributed by atoms with Crippen LogP contribution in [0.3, 0.4) is 0 Å². The Morgan fingerprint density at radius 2 is 1.79 bits per heavy atom. The Bertz CT molecular complexity index is 959. The lowest BCUT2D eigenvalue weighted by Crippen LogP contribution is -2.32. The maximum absolute atomic E-state index is 12.0. The van der Waals surface area contributed by atoms with E-state index in [1.165, 1.54) is 30.4 Å². The van der Waals surface area contributed by atoms with Crippen LogP contribution in [-0.4, -0.2) is 21.9 Å². The Balaban J connectivity index is 1.92. The largest absolute Gasteiger partial charge is 0.332 e. The van der Waals surface area contributed by atoms with Gasteiger partial charge in [-0.2, -0.15) is 0 Å². The second-order valence-electron chi connectivity index (χ2n) is 6.01. The number of thiocarbonyl (C=S) groups is 1. The van der Waals surface area contributed by atoms with Gasteiger partial charge in [-0.1, -0.05) is 25.1 Å². The van der Waals surface area contributed by atoms with Crippen molar-refractivity contribution in [3.8, 4) is 0 Å². The molecule has 0 spiro atoms. The van der Waals surface area contributed by atoms with Gasteiger partial charge in [-0.3, -0.25) is 25.0 Å². The molecule has 0 bridgehead atoms. The average Bonchev–Trinajstić information content (AvgIpc) is 2.67. The van der Waals surface area contributed by atoms with Crippen molar-refractivity contribution >= 4 is 52.3 Å². The number of non-ortho nitro benzene ring substituents is 1. The summed E-state index contributed by atoms with van der Waals surface area (Å²) in [6, 6.07) is 12.9. The van der Waals surface area contributed by atoms with Crippen molar-refractivity contribution in [2.75, 3.05) is 10.6 Å². The Hall–Kier alpha value is -3.59. The van der Waals surface area contributed by atoms with Crippen LogP contribution in [0.2, 0.25) is 0 Å². The Morgan fingerprint density at radius 3 is 2.48 bits per heavy atom. The number of carbonyl (C=O) groups excluding carboxylic acids is 2. The van der Waals surface area contributed by atoms with E-state index in [0.717, 1.165) is 6.42 Å². The predicted octanol–water partition coefficient (Wildman–Crippen LogP) is 3.86. The molecule has 0 aromatic heterocycles. The van der Waals surface area contributed by atoms with Gasteiger partial charge in [0.25, 0.3) is 5.69 Å². The van der Waals surface area contributed by atoms with E-state index < -0.39 is 10.8 Å². The van der Waals surface area contributed by atoms with Gasteiger partial charge in [-0.15, -0.1) is 0 Å². The molecule has 0 radical (unpaired) electrons. The number of rotatable bonds is 7. The maximum atomic E-state index is 12.0. The lowest BCUT2D eigenvalue weighted by molar-refractivity contribution is -0.384. The summed E-state index contributed by atoms with van der Waals surface area (Å²) in [5.74, 6) is -0.562. The van der Waals surface area contributed by atoms with E-state index in [1.807, 2.05) is 6.92 Å². The fraction of sp³-hybridized carbons (Fsp3) is 0.150. The van der Waals surface area contributed by atoms with Crippen molar-refractivity contribution in [2.24, 2.45) is 0 Å². The molecule has 0 saturated heterocycles. The average molecular weight is 412 g/mol. The number of carbonyl (C=O) groups is 2. The molecule has 29 heavy (non-hydrogen) atoms. The summed E-state index contributed by atoms with van der Waals surface area (Å²) in [6.07, 6.45) is 3.87. The third kappa shape index (κ3) is 7.51. The van der Waals surface area contributed by atoms with E-state index in [0.29, 0.717) is 23.4 Å². The van der Waals surface area contributed by atoms with Crippen molar-refractivity contribution in [3.63, 3.8) is 0 Å². The smallest absolute Gasteiger partial charge is 0.270 e. The van der Waals surface area contributed by atoms with E-state index in [9.17, 15) is 19.7 Å². The molecule has 0 aliphatic heterocycles. The number of hydrogen-bond acceptors (Lipinski definition) is 5. The molecule has 2 rings (SSSR count). The van der Waals surface area contributed by atoms with Crippen molar-refractivity contribution in [2.45, 2.75) is 19.8 Å². The number of nitro benzene ring substituents is 1. The molecule has 0 aliphatic rings. The van der Waals surface area contributed by atoms with E-state index in [1.54, 1.807) is 30.3 Å². The molecule has 2 amide bonds. The molecular formula is C20H20N4O4S. The fourth-order valence-corrected chi connectivity index (χ4v) is 2.57. The molecular weight excluding hydrogens is 392 g/mol. The topological polar surface area (TPSA) is 113 Å². The number of nitrogens with zero attached hydrogens (tertiary/aromatic N) is 1. The zero-order chi connectivity index (χ0) is 21.2. The molecule has 0 fully saturated rings. The van der Waals surface area contributed by atoms with Gasteiger partial charge in [0.1, 0.15) is 0 Å². The number of anilines is 2. The maximum Gasteiger partial charge on any atom is 0.270 e. The van der Waals surface area contributed by atoms with E-state index in [-0.39, 0.29) is 16.7 Å². The number of benzene rings is 2. The van der Waals surface area contributed by atoms with E-state index in [4.69, 9.17) is 12.2 Å². The first-order valence-electron chi connectivity index (χ1n) is 8.82. The number of hydrogen-bond donors (Lipinski definition) is 3. The highest BCUT2D eigenvalue weighted by Gasteiger charge is 2.06. The summed E-state index contributed by atoms with van der Waals surface area (Å²) < 4.78 is 0. The summed E-state index contributed by atoms with van der Waals surface area (Å²) in [4.78, 5) is 34.0. The van der Waals surface area contributed by atoms with Crippen LogP contribution in [0, 0.1) is 10.1 Å². The van der Waals surface area contributed by atoms with Crippen molar-refractivity contribution in [1.82, 2.24) is 5.32 Å². The molecule has 2 aromatic carbocycles. The van der Waals surface area contributed by atoms with Crippen LogP contribution in [0.25, 0.3) is 6.08 Å². The minimum Gasteiger partial charge on any atom is -0.332 e. The van der Waals surface area contributed by atoms with Crippen molar-refractivity contribution in [3.05, 3.63) is 70.3 Å².